The largest absolute Gasteiger partial charge is 0.467 e. The van der Waals surface area contributed by atoms with Crippen molar-refractivity contribution in [3.63, 3.8) is 0 Å². The molecule has 2 saturated heterocycles. The highest BCUT2D eigenvalue weighted by Crippen LogP contribution is 2.31. The van der Waals surface area contributed by atoms with Gasteiger partial charge < -0.3 is 25.2 Å². The number of nitrogens with zero attached hydrogens (tertiary/aromatic N) is 6. The molecular formula is C25H34N8O2. The lowest BCUT2D eigenvalue weighted by atomic mass is 10.0. The van der Waals surface area contributed by atoms with Crippen molar-refractivity contribution in [3.05, 3.63) is 36.3 Å². The number of anilines is 2. The Morgan fingerprint density at radius 3 is 2.60 bits per heavy atom. The molecule has 2 aliphatic heterocycles. The molecule has 1 amide bonds. The Labute approximate surface area is 205 Å². The third kappa shape index (κ3) is 4.94. The Bertz CT molecular complexity index is 1190. The summed E-state index contributed by atoms with van der Waals surface area (Å²) >= 11 is 0. The number of methoxy groups -OCH3 is 1. The maximum absolute atomic E-state index is 13.4. The zero-order valence-corrected chi connectivity index (χ0v) is 20.9. The van der Waals surface area contributed by atoms with E-state index in [-0.39, 0.29) is 11.9 Å². The molecule has 0 bridgehead atoms. The molecule has 10 nitrogen and oxygen atoms in total. The molecule has 0 radical (unpaired) electrons. The summed E-state index contributed by atoms with van der Waals surface area (Å²) in [6.45, 7) is 8.20. The first-order valence-electron chi connectivity index (χ1n) is 12.3. The second kappa shape index (κ2) is 9.79. The van der Waals surface area contributed by atoms with Crippen molar-refractivity contribution in [2.75, 3.05) is 50.6 Å². The number of aromatic nitrogens is 4. The smallest absolute Gasteiger partial charge is 0.316 e. The van der Waals surface area contributed by atoms with E-state index in [0.29, 0.717) is 34.9 Å². The van der Waals surface area contributed by atoms with E-state index < -0.39 is 0 Å². The topological polar surface area (TPSA) is 100 Å². The summed E-state index contributed by atoms with van der Waals surface area (Å²) in [5, 5.41) is 11.9. The van der Waals surface area contributed by atoms with Crippen LogP contribution in [0.2, 0.25) is 0 Å². The molecule has 0 unspecified atom stereocenters. The summed E-state index contributed by atoms with van der Waals surface area (Å²) in [5.41, 5.74) is 2.76. The fraction of sp³-hybridized carbons (Fsp3) is 0.520. The van der Waals surface area contributed by atoms with Gasteiger partial charge in [-0.2, -0.15) is 10.1 Å². The van der Waals surface area contributed by atoms with Crippen molar-refractivity contribution in [1.29, 1.82) is 0 Å². The molecule has 1 aromatic carbocycles. The van der Waals surface area contributed by atoms with Gasteiger partial charge in [-0.1, -0.05) is 0 Å². The van der Waals surface area contributed by atoms with Crippen molar-refractivity contribution in [1.82, 2.24) is 30.0 Å². The van der Waals surface area contributed by atoms with Crippen LogP contribution in [0, 0.1) is 0 Å². The van der Waals surface area contributed by atoms with Crippen molar-refractivity contribution >= 4 is 28.2 Å². The Morgan fingerprint density at radius 2 is 1.89 bits per heavy atom. The number of benzene rings is 1. The van der Waals surface area contributed by atoms with Gasteiger partial charge in [-0.05, 0) is 59.0 Å². The van der Waals surface area contributed by atoms with Gasteiger partial charge in [0.25, 0.3) is 5.91 Å². The van der Waals surface area contributed by atoms with Crippen LogP contribution in [0.5, 0.6) is 6.01 Å². The highest BCUT2D eigenvalue weighted by molar-refractivity contribution is 6.13. The van der Waals surface area contributed by atoms with Gasteiger partial charge in [0.2, 0.25) is 0 Å². The minimum absolute atomic E-state index is 0.229. The number of ether oxygens (including phenoxy) is 1. The third-order valence-corrected chi connectivity index (χ3v) is 6.95. The average Bonchev–Trinajstić information content (AvgIpc) is 3.31. The number of piperidine rings is 1. The van der Waals surface area contributed by atoms with Gasteiger partial charge in [0.1, 0.15) is 0 Å². The summed E-state index contributed by atoms with van der Waals surface area (Å²) in [6, 6.07) is 5.16. The number of amides is 1. The lowest BCUT2D eigenvalue weighted by Crippen LogP contribution is -2.54. The lowest BCUT2D eigenvalue weighted by Gasteiger charge is -2.38. The van der Waals surface area contributed by atoms with Crippen molar-refractivity contribution in [3.8, 4) is 6.01 Å². The zero-order chi connectivity index (χ0) is 24.5. The fourth-order valence-corrected chi connectivity index (χ4v) is 5.23. The van der Waals surface area contributed by atoms with Crippen LogP contribution in [0.25, 0.3) is 10.9 Å². The van der Waals surface area contributed by atoms with Gasteiger partial charge in [-0.3, -0.25) is 9.48 Å². The molecule has 4 heterocycles. The number of hydrogen-bond acceptors (Lipinski definition) is 8. The average molecular weight is 479 g/mol. The molecule has 186 valence electrons. The van der Waals surface area contributed by atoms with Crippen LogP contribution in [-0.2, 0) is 0 Å². The first kappa shape index (κ1) is 23.5. The van der Waals surface area contributed by atoms with E-state index in [1.165, 1.54) is 7.11 Å². The van der Waals surface area contributed by atoms with Crippen LogP contribution in [-0.4, -0.2) is 83.0 Å². The van der Waals surface area contributed by atoms with E-state index in [1.807, 2.05) is 23.0 Å². The van der Waals surface area contributed by atoms with Crippen LogP contribution < -0.4 is 20.3 Å². The molecular weight excluding hydrogens is 444 g/mol. The van der Waals surface area contributed by atoms with E-state index in [2.05, 4.69) is 56.4 Å². The Kier molecular flexibility index (Phi) is 6.57. The summed E-state index contributed by atoms with van der Waals surface area (Å²) in [7, 11) is 3.67. The fourth-order valence-electron chi connectivity index (χ4n) is 5.23. The molecule has 35 heavy (non-hydrogen) atoms. The van der Waals surface area contributed by atoms with Gasteiger partial charge in [0.15, 0.2) is 0 Å². The molecule has 3 aromatic rings. The molecule has 10 heteroatoms. The Morgan fingerprint density at radius 1 is 1.14 bits per heavy atom. The zero-order valence-electron chi connectivity index (χ0n) is 20.9. The predicted molar refractivity (Wildman–Crippen MR) is 136 cm³/mol. The summed E-state index contributed by atoms with van der Waals surface area (Å²) in [4.78, 5) is 26.9. The number of rotatable bonds is 5. The summed E-state index contributed by atoms with van der Waals surface area (Å²) in [6.07, 6.45) is 7.49. The lowest BCUT2D eigenvalue weighted by molar-refractivity contribution is 0.102. The maximum Gasteiger partial charge on any atom is 0.316 e. The molecule has 2 aliphatic rings. The second-order valence-electron chi connectivity index (χ2n) is 9.82. The highest BCUT2D eigenvalue weighted by atomic mass is 16.5. The Hall–Kier alpha value is -3.24. The van der Waals surface area contributed by atoms with Crippen LogP contribution in [0.1, 0.15) is 43.1 Å². The maximum atomic E-state index is 13.4. The number of fused-ring (bicyclic) bond motifs is 1. The molecule has 2 N–H and O–H groups in total. The third-order valence-electron chi connectivity index (χ3n) is 6.95. The summed E-state index contributed by atoms with van der Waals surface area (Å²) < 4.78 is 7.25. The first-order chi connectivity index (χ1) is 16.9. The van der Waals surface area contributed by atoms with E-state index >= 15 is 0 Å². The number of nitrogens with one attached hydrogen (secondary N) is 2. The van der Waals surface area contributed by atoms with E-state index in [9.17, 15) is 4.79 Å². The molecule has 2 aromatic heterocycles. The quantitative estimate of drug-likeness (QED) is 0.577. The predicted octanol–water partition coefficient (Wildman–Crippen LogP) is 2.54. The standard InChI is InChI=1S/C25H34N8O2/c1-16-13-32(14-17(2)28-16)22-6-5-20(23-21(22)12-26-25(30-23)35-4)24(34)29-18-11-27-33(15-18)19-7-9-31(3)10-8-19/h5-6,11-12,15-17,19,28H,7-10,13-14H2,1-4H3,(H,29,34)/t16-,17-/m1/s1. The molecule has 0 aliphatic carbocycles. The Balaban J connectivity index is 1.42. The van der Waals surface area contributed by atoms with Gasteiger partial charge in [0.05, 0.1) is 36.1 Å². The number of carbonyl (C=O) groups is 1. The summed E-state index contributed by atoms with van der Waals surface area (Å²) in [5.74, 6) is -0.229. The second-order valence-corrected chi connectivity index (χ2v) is 9.82. The number of carbonyl (C=O) groups excluding carboxylic acids is 1. The number of hydrogen-bond donors (Lipinski definition) is 2. The van der Waals surface area contributed by atoms with Gasteiger partial charge in [-0.15, -0.1) is 0 Å². The normalized spacial score (nSPS) is 21.9. The first-order valence-corrected chi connectivity index (χ1v) is 12.3. The molecule has 0 saturated carbocycles. The highest BCUT2D eigenvalue weighted by Gasteiger charge is 2.25. The van der Waals surface area contributed by atoms with Crippen molar-refractivity contribution < 1.29 is 9.53 Å². The van der Waals surface area contributed by atoms with Crippen LogP contribution >= 0.6 is 0 Å². The minimum Gasteiger partial charge on any atom is -0.467 e. The van der Waals surface area contributed by atoms with Gasteiger partial charge in [-0.25, -0.2) is 4.98 Å². The van der Waals surface area contributed by atoms with E-state index in [1.54, 1.807) is 12.4 Å². The van der Waals surface area contributed by atoms with Crippen LogP contribution in [0.4, 0.5) is 11.4 Å². The van der Waals surface area contributed by atoms with E-state index in [4.69, 9.17) is 4.74 Å². The van der Waals surface area contributed by atoms with Gasteiger partial charge in [0, 0.05) is 48.6 Å². The van der Waals surface area contributed by atoms with Crippen molar-refractivity contribution in [2.45, 2.75) is 44.8 Å². The molecule has 5 rings (SSSR count). The number of likely N-dealkylation sites (tertiary alicyclic amines) is 1. The number of piperazine rings is 1. The van der Waals surface area contributed by atoms with Gasteiger partial charge >= 0.3 is 6.01 Å². The SMILES string of the molecule is COc1ncc2c(N3C[C@@H](C)N[C@H](C)C3)ccc(C(=O)Nc3cnn(C4CCN(C)CC4)c3)c2n1. The van der Waals surface area contributed by atoms with Crippen LogP contribution in [0.15, 0.2) is 30.7 Å². The minimum atomic E-state index is -0.229. The molecule has 2 atom stereocenters. The monoisotopic (exact) mass is 478 g/mol. The van der Waals surface area contributed by atoms with Crippen LogP contribution in [0.3, 0.4) is 0 Å². The van der Waals surface area contributed by atoms with E-state index in [0.717, 1.165) is 50.1 Å². The van der Waals surface area contributed by atoms with Crippen molar-refractivity contribution in [2.24, 2.45) is 0 Å². The molecule has 0 spiro atoms. The molecule has 2 fully saturated rings.